The molecule has 2 amide bonds. The maximum Gasteiger partial charge on any atom is 0.326 e. The molecule has 1 aliphatic heterocycles. The van der Waals surface area contributed by atoms with Gasteiger partial charge in [0.05, 0.1) is 28.6 Å². The fraction of sp³-hybridized carbons (Fsp3) is 0.353. The van der Waals surface area contributed by atoms with E-state index < -0.39 is 40.4 Å². The largest absolute Gasteiger partial charge is 0.504 e. The van der Waals surface area contributed by atoms with Gasteiger partial charge in [-0.25, -0.2) is 0 Å². The number of rotatable bonds is 7. The minimum absolute atomic E-state index is 0.0621. The highest BCUT2D eigenvalue weighted by atomic mass is 32.2. The number of non-ortho nitro benzene ring substituents is 1. The van der Waals surface area contributed by atoms with Crippen molar-refractivity contribution in [3.8, 4) is 11.5 Å². The van der Waals surface area contributed by atoms with Gasteiger partial charge in [0.1, 0.15) is 6.54 Å². The molecule has 0 spiro atoms. The highest BCUT2D eigenvalue weighted by molar-refractivity contribution is 8.18. The van der Waals surface area contributed by atoms with E-state index >= 15 is 0 Å². The van der Waals surface area contributed by atoms with Crippen LogP contribution in [-0.4, -0.2) is 51.3 Å². The molecule has 0 aromatic heterocycles. The number of phenols is 1. The molecule has 11 heteroatoms. The van der Waals surface area contributed by atoms with Gasteiger partial charge >= 0.3 is 5.97 Å². The Hall–Kier alpha value is -3.08. The number of aromatic hydroxyl groups is 1. The monoisotopic (exact) mass is 410 g/mol. The molecule has 1 aromatic rings. The second-order valence-electron chi connectivity index (χ2n) is 5.88. The summed E-state index contributed by atoms with van der Waals surface area (Å²) in [5.41, 5.74) is -0.417. The maximum absolute atomic E-state index is 12.4. The smallest absolute Gasteiger partial charge is 0.326 e. The summed E-state index contributed by atoms with van der Waals surface area (Å²) in [6.07, 6.45) is 0.741. The minimum Gasteiger partial charge on any atom is -0.504 e. The molecular formula is C17H18N2O8S. The SMILES string of the molecule is CCOc1cc([N+](=O)[O-])cc(/C=C2/SC(=O)N(CC(=O)OC(C)C)C2=O)c1O. The number of carbonyl (C=O) groups is 3. The Labute approximate surface area is 164 Å². The summed E-state index contributed by atoms with van der Waals surface area (Å²) in [5, 5.41) is 20.7. The van der Waals surface area contributed by atoms with Crippen molar-refractivity contribution in [2.24, 2.45) is 0 Å². The number of ether oxygens (including phenoxy) is 2. The average Bonchev–Trinajstić information content (AvgIpc) is 2.85. The number of imide groups is 1. The van der Waals surface area contributed by atoms with Crippen molar-refractivity contribution in [3.63, 3.8) is 0 Å². The molecule has 10 nitrogen and oxygen atoms in total. The third-order valence-electron chi connectivity index (χ3n) is 3.41. The fourth-order valence-corrected chi connectivity index (χ4v) is 3.13. The summed E-state index contributed by atoms with van der Waals surface area (Å²) in [6, 6.07) is 2.11. The molecule has 1 aromatic carbocycles. The van der Waals surface area contributed by atoms with Gasteiger partial charge in [-0.3, -0.25) is 29.4 Å². The maximum atomic E-state index is 12.4. The Morgan fingerprint density at radius 2 is 2.07 bits per heavy atom. The van der Waals surface area contributed by atoms with E-state index in [4.69, 9.17) is 9.47 Å². The number of nitrogens with zero attached hydrogens (tertiary/aromatic N) is 2. The van der Waals surface area contributed by atoms with Gasteiger partial charge in [-0.2, -0.15) is 0 Å². The predicted molar refractivity (Wildman–Crippen MR) is 99.8 cm³/mol. The molecule has 0 unspecified atom stereocenters. The normalized spacial score (nSPS) is 15.4. The Kier molecular flexibility index (Phi) is 6.62. The van der Waals surface area contributed by atoms with Crippen LogP contribution >= 0.6 is 11.8 Å². The summed E-state index contributed by atoms with van der Waals surface area (Å²) in [7, 11) is 0. The van der Waals surface area contributed by atoms with E-state index in [-0.39, 0.29) is 28.5 Å². The van der Waals surface area contributed by atoms with Crippen molar-refractivity contribution in [2.45, 2.75) is 26.9 Å². The second-order valence-corrected chi connectivity index (χ2v) is 6.87. The number of thioether (sulfide) groups is 1. The van der Waals surface area contributed by atoms with Gasteiger partial charge in [-0.15, -0.1) is 0 Å². The molecule has 0 aliphatic carbocycles. The molecule has 150 valence electrons. The van der Waals surface area contributed by atoms with Crippen LogP contribution in [0.5, 0.6) is 11.5 Å². The quantitative estimate of drug-likeness (QED) is 0.311. The van der Waals surface area contributed by atoms with Crippen LogP contribution in [0.1, 0.15) is 26.3 Å². The van der Waals surface area contributed by atoms with Gasteiger partial charge in [-0.1, -0.05) is 0 Å². The van der Waals surface area contributed by atoms with Crippen LogP contribution in [0.15, 0.2) is 17.0 Å². The van der Waals surface area contributed by atoms with Crippen LogP contribution < -0.4 is 4.74 Å². The van der Waals surface area contributed by atoms with Crippen molar-refractivity contribution in [1.82, 2.24) is 4.90 Å². The van der Waals surface area contributed by atoms with Crippen LogP contribution in [0.25, 0.3) is 6.08 Å². The first kappa shape index (κ1) is 21.2. The first-order valence-corrected chi connectivity index (χ1v) is 9.04. The van der Waals surface area contributed by atoms with Crippen molar-refractivity contribution in [2.75, 3.05) is 13.2 Å². The molecule has 0 saturated carbocycles. The zero-order chi connectivity index (χ0) is 21.0. The lowest BCUT2D eigenvalue weighted by Gasteiger charge is -2.13. The van der Waals surface area contributed by atoms with Gasteiger partial charge in [-0.05, 0) is 38.6 Å². The lowest BCUT2D eigenvalue weighted by molar-refractivity contribution is -0.385. The van der Waals surface area contributed by atoms with Gasteiger partial charge in [0, 0.05) is 11.6 Å². The summed E-state index contributed by atoms with van der Waals surface area (Å²) >= 11 is 0.549. The molecule has 0 bridgehead atoms. The number of nitro groups is 1. The van der Waals surface area contributed by atoms with Crippen molar-refractivity contribution in [1.29, 1.82) is 0 Å². The fourth-order valence-electron chi connectivity index (χ4n) is 2.30. The lowest BCUT2D eigenvalue weighted by atomic mass is 10.1. The molecule has 28 heavy (non-hydrogen) atoms. The number of amides is 2. The van der Waals surface area contributed by atoms with Crippen molar-refractivity contribution >= 4 is 40.6 Å². The molecule has 0 radical (unpaired) electrons. The first-order valence-electron chi connectivity index (χ1n) is 8.23. The Morgan fingerprint density at radius 1 is 1.39 bits per heavy atom. The molecular weight excluding hydrogens is 392 g/mol. The van der Waals surface area contributed by atoms with Crippen LogP contribution in [0.4, 0.5) is 10.5 Å². The minimum atomic E-state index is -0.764. The van der Waals surface area contributed by atoms with Crippen LogP contribution in [0.3, 0.4) is 0 Å². The van der Waals surface area contributed by atoms with Crippen molar-refractivity contribution in [3.05, 3.63) is 32.7 Å². The molecule has 1 saturated heterocycles. The second kappa shape index (κ2) is 8.74. The van der Waals surface area contributed by atoms with E-state index in [1.165, 1.54) is 0 Å². The van der Waals surface area contributed by atoms with Gasteiger partial charge in [0.25, 0.3) is 16.8 Å². The van der Waals surface area contributed by atoms with E-state index in [0.29, 0.717) is 16.7 Å². The van der Waals surface area contributed by atoms with E-state index in [2.05, 4.69) is 0 Å². The Balaban J connectivity index is 2.35. The van der Waals surface area contributed by atoms with E-state index in [9.17, 15) is 29.6 Å². The molecule has 0 atom stereocenters. The van der Waals surface area contributed by atoms with Crippen LogP contribution in [0, 0.1) is 10.1 Å². The van der Waals surface area contributed by atoms with E-state index in [0.717, 1.165) is 18.2 Å². The van der Waals surface area contributed by atoms with E-state index in [1.807, 2.05) is 0 Å². The Bertz CT molecular complexity index is 865. The summed E-state index contributed by atoms with van der Waals surface area (Å²) < 4.78 is 10.1. The number of benzene rings is 1. The molecule has 2 rings (SSSR count). The first-order chi connectivity index (χ1) is 13.1. The average molecular weight is 410 g/mol. The summed E-state index contributed by atoms with van der Waals surface area (Å²) in [4.78, 5) is 47.3. The number of nitro benzene ring substituents is 1. The number of hydrogen-bond acceptors (Lipinski definition) is 9. The lowest BCUT2D eigenvalue weighted by Crippen LogP contribution is -2.35. The third-order valence-corrected chi connectivity index (χ3v) is 4.32. The Morgan fingerprint density at radius 3 is 2.64 bits per heavy atom. The zero-order valence-corrected chi connectivity index (χ0v) is 16.1. The van der Waals surface area contributed by atoms with Gasteiger partial charge in [0.2, 0.25) is 0 Å². The standard InChI is InChI=1S/C17H18N2O8S/c1-4-26-12-7-11(19(24)25)5-10(15(12)21)6-13-16(22)18(17(23)28-13)8-14(20)27-9(2)3/h5-7,9,21H,4,8H2,1-3H3/b13-6+. The third kappa shape index (κ3) is 4.80. The molecule has 1 aliphatic rings. The summed E-state index contributed by atoms with van der Waals surface area (Å²) in [5.74, 6) is -2.03. The number of phenolic OH excluding ortho intramolecular Hbond substituents is 1. The van der Waals surface area contributed by atoms with Gasteiger partial charge < -0.3 is 14.6 Å². The summed E-state index contributed by atoms with van der Waals surface area (Å²) in [6.45, 7) is 4.51. The predicted octanol–water partition coefficient (Wildman–Crippen LogP) is 2.69. The van der Waals surface area contributed by atoms with Crippen LogP contribution in [-0.2, 0) is 14.3 Å². The van der Waals surface area contributed by atoms with Gasteiger partial charge in [0.15, 0.2) is 11.5 Å². The highest BCUT2D eigenvalue weighted by Crippen LogP contribution is 2.39. The van der Waals surface area contributed by atoms with Crippen molar-refractivity contribution < 1.29 is 33.9 Å². The van der Waals surface area contributed by atoms with E-state index in [1.54, 1.807) is 20.8 Å². The number of esters is 1. The number of carbonyl (C=O) groups excluding carboxylic acids is 3. The highest BCUT2D eigenvalue weighted by Gasteiger charge is 2.37. The molecule has 1 heterocycles. The molecule has 1 N–H and O–H groups in total. The topological polar surface area (TPSA) is 136 Å². The van der Waals surface area contributed by atoms with Crippen LogP contribution in [0.2, 0.25) is 0 Å². The molecule has 1 fully saturated rings. The zero-order valence-electron chi connectivity index (χ0n) is 15.3. The number of hydrogen-bond donors (Lipinski definition) is 1.